The summed E-state index contributed by atoms with van der Waals surface area (Å²) in [4.78, 5) is 25.2. The van der Waals surface area contributed by atoms with Gasteiger partial charge in [-0.3, -0.25) is 9.59 Å². The lowest BCUT2D eigenvalue weighted by Crippen LogP contribution is -2.28. The van der Waals surface area contributed by atoms with Crippen molar-refractivity contribution in [1.82, 2.24) is 9.13 Å². The zero-order valence-corrected chi connectivity index (χ0v) is 15.0. The number of nitrogens with one attached hydrogen (secondary N) is 1. The van der Waals surface area contributed by atoms with Crippen LogP contribution in [0.25, 0.3) is 10.9 Å². The number of benzene rings is 2. The van der Waals surface area contributed by atoms with Crippen LogP contribution in [0.1, 0.15) is 5.56 Å². The van der Waals surface area contributed by atoms with Gasteiger partial charge in [-0.1, -0.05) is 36.4 Å². The first kappa shape index (κ1) is 17.7. The van der Waals surface area contributed by atoms with Gasteiger partial charge in [0.05, 0.1) is 0 Å². The summed E-state index contributed by atoms with van der Waals surface area (Å²) >= 11 is 0. The van der Waals surface area contributed by atoms with Crippen molar-refractivity contribution in [2.75, 3.05) is 5.32 Å². The first-order valence-corrected chi connectivity index (χ1v) is 8.88. The fraction of sp³-hybridized carbons (Fsp3) is 0.0909. The molecule has 28 heavy (non-hydrogen) atoms. The highest BCUT2D eigenvalue weighted by molar-refractivity contribution is 5.90. The maximum Gasteiger partial charge on any atom is 0.275 e. The molecule has 0 fully saturated rings. The zero-order valence-electron chi connectivity index (χ0n) is 15.0. The van der Waals surface area contributed by atoms with Crippen LogP contribution in [0.4, 0.5) is 10.1 Å². The predicted molar refractivity (Wildman–Crippen MR) is 107 cm³/mol. The van der Waals surface area contributed by atoms with E-state index in [2.05, 4.69) is 5.32 Å². The molecule has 0 bridgehead atoms. The number of carbonyl (C=O) groups is 1. The number of halogens is 1. The van der Waals surface area contributed by atoms with Crippen LogP contribution in [0.3, 0.4) is 0 Å². The van der Waals surface area contributed by atoms with Crippen molar-refractivity contribution < 1.29 is 9.18 Å². The van der Waals surface area contributed by atoms with Crippen molar-refractivity contribution in [3.05, 3.63) is 101 Å². The van der Waals surface area contributed by atoms with Gasteiger partial charge >= 0.3 is 0 Å². The van der Waals surface area contributed by atoms with Crippen molar-refractivity contribution in [3.8, 4) is 0 Å². The molecular weight excluding hydrogens is 357 g/mol. The molecule has 6 heteroatoms. The fourth-order valence-corrected chi connectivity index (χ4v) is 3.20. The largest absolute Gasteiger partial charge is 0.339 e. The summed E-state index contributed by atoms with van der Waals surface area (Å²) in [5, 5.41) is 3.43. The summed E-state index contributed by atoms with van der Waals surface area (Å²) in [7, 11) is 0. The molecule has 0 spiro atoms. The molecule has 1 N–H and O–H groups in total. The van der Waals surface area contributed by atoms with Crippen molar-refractivity contribution >= 4 is 22.5 Å². The summed E-state index contributed by atoms with van der Waals surface area (Å²) in [6.07, 6.45) is 3.47. The number of fused-ring (bicyclic) bond motifs is 1. The molecule has 140 valence electrons. The minimum atomic E-state index is -0.435. The van der Waals surface area contributed by atoms with E-state index in [1.165, 1.54) is 22.8 Å². The molecule has 0 saturated carbocycles. The second kappa shape index (κ2) is 7.52. The Labute approximate surface area is 160 Å². The second-order valence-electron chi connectivity index (χ2n) is 6.54. The van der Waals surface area contributed by atoms with Gasteiger partial charge in [0.2, 0.25) is 5.91 Å². The first-order chi connectivity index (χ1) is 13.6. The minimum absolute atomic E-state index is 0.151. The average molecular weight is 375 g/mol. The number of hydrogen-bond donors (Lipinski definition) is 1. The van der Waals surface area contributed by atoms with Gasteiger partial charge in [-0.25, -0.2) is 4.39 Å². The van der Waals surface area contributed by atoms with E-state index in [0.29, 0.717) is 17.7 Å². The van der Waals surface area contributed by atoms with Gasteiger partial charge in [-0.2, -0.15) is 0 Å². The molecule has 0 aliphatic carbocycles. The number of hydrogen-bond acceptors (Lipinski definition) is 2. The Kier molecular flexibility index (Phi) is 4.76. The normalized spacial score (nSPS) is 10.9. The third kappa shape index (κ3) is 3.71. The second-order valence-corrected chi connectivity index (χ2v) is 6.54. The Morgan fingerprint density at radius 2 is 1.68 bits per heavy atom. The number of amides is 1. The predicted octanol–water partition coefficient (Wildman–Crippen LogP) is 3.63. The summed E-state index contributed by atoms with van der Waals surface area (Å²) in [5.41, 5.74) is 1.74. The molecular formula is C22H18FN3O2. The standard InChI is InChI=1S/C22H18FN3O2/c23-18-7-4-8-19(13-18)24-20(27)15-26-12-10-17-9-11-25(21(17)22(26)28)14-16-5-2-1-3-6-16/h1-13H,14-15H2,(H,24,27). The zero-order chi connectivity index (χ0) is 19.5. The summed E-state index contributed by atoms with van der Waals surface area (Å²) < 4.78 is 16.5. The number of rotatable bonds is 5. The molecule has 5 nitrogen and oxygen atoms in total. The van der Waals surface area contributed by atoms with E-state index in [1.807, 2.05) is 53.2 Å². The third-order valence-corrected chi connectivity index (χ3v) is 4.51. The molecule has 0 radical (unpaired) electrons. The van der Waals surface area contributed by atoms with Crippen molar-refractivity contribution in [2.24, 2.45) is 0 Å². The molecule has 0 saturated heterocycles. The summed E-state index contributed by atoms with van der Waals surface area (Å²) in [6.45, 7) is 0.418. The van der Waals surface area contributed by atoms with Crippen molar-refractivity contribution in [2.45, 2.75) is 13.1 Å². The fourth-order valence-electron chi connectivity index (χ4n) is 3.20. The number of carbonyl (C=O) groups excluding carboxylic acids is 1. The van der Waals surface area contributed by atoms with Crippen LogP contribution < -0.4 is 10.9 Å². The number of anilines is 1. The molecule has 0 atom stereocenters. The van der Waals surface area contributed by atoms with Crippen LogP contribution in [-0.4, -0.2) is 15.0 Å². The van der Waals surface area contributed by atoms with Gasteiger partial charge in [0, 0.05) is 30.0 Å². The van der Waals surface area contributed by atoms with Crippen LogP contribution in [0.2, 0.25) is 0 Å². The van der Waals surface area contributed by atoms with E-state index in [0.717, 1.165) is 10.9 Å². The highest BCUT2D eigenvalue weighted by atomic mass is 19.1. The van der Waals surface area contributed by atoms with Crippen molar-refractivity contribution in [1.29, 1.82) is 0 Å². The average Bonchev–Trinajstić information content (AvgIpc) is 3.08. The molecule has 2 aromatic heterocycles. The highest BCUT2D eigenvalue weighted by Crippen LogP contribution is 2.14. The van der Waals surface area contributed by atoms with Gasteiger partial charge in [0.1, 0.15) is 17.9 Å². The Hall–Kier alpha value is -3.67. The number of aromatic nitrogens is 2. The first-order valence-electron chi connectivity index (χ1n) is 8.88. The number of pyridine rings is 1. The van der Waals surface area contributed by atoms with Gasteiger partial charge in [-0.15, -0.1) is 0 Å². The molecule has 2 heterocycles. The molecule has 2 aromatic carbocycles. The Balaban J connectivity index is 1.59. The van der Waals surface area contributed by atoms with Gasteiger partial charge in [0.25, 0.3) is 5.56 Å². The molecule has 0 aliphatic heterocycles. The van der Waals surface area contributed by atoms with E-state index in [4.69, 9.17) is 0 Å². The molecule has 0 aliphatic rings. The maximum absolute atomic E-state index is 13.3. The van der Waals surface area contributed by atoms with E-state index in [-0.39, 0.29) is 12.1 Å². The van der Waals surface area contributed by atoms with Crippen LogP contribution in [0.15, 0.2) is 83.9 Å². The third-order valence-electron chi connectivity index (χ3n) is 4.51. The van der Waals surface area contributed by atoms with Crippen LogP contribution in [-0.2, 0) is 17.9 Å². The van der Waals surface area contributed by atoms with Crippen LogP contribution >= 0.6 is 0 Å². The molecule has 0 unspecified atom stereocenters. The molecule has 1 amide bonds. The van der Waals surface area contributed by atoms with E-state index < -0.39 is 11.7 Å². The van der Waals surface area contributed by atoms with Crippen LogP contribution in [0.5, 0.6) is 0 Å². The Morgan fingerprint density at radius 3 is 2.43 bits per heavy atom. The topological polar surface area (TPSA) is 56.0 Å². The van der Waals surface area contributed by atoms with Gasteiger partial charge < -0.3 is 14.5 Å². The highest BCUT2D eigenvalue weighted by Gasteiger charge is 2.11. The smallest absolute Gasteiger partial charge is 0.275 e. The maximum atomic E-state index is 13.3. The molecule has 4 aromatic rings. The quantitative estimate of drug-likeness (QED) is 0.579. The lowest BCUT2D eigenvalue weighted by atomic mass is 10.2. The van der Waals surface area contributed by atoms with Crippen molar-refractivity contribution in [3.63, 3.8) is 0 Å². The van der Waals surface area contributed by atoms with E-state index in [9.17, 15) is 14.0 Å². The molecule has 4 rings (SSSR count). The SMILES string of the molecule is O=C(Cn1ccc2ccn(Cc3ccccc3)c2c1=O)Nc1cccc(F)c1. The Bertz CT molecular complexity index is 1200. The van der Waals surface area contributed by atoms with Gasteiger partial charge in [-0.05, 0) is 35.9 Å². The monoisotopic (exact) mass is 375 g/mol. The minimum Gasteiger partial charge on any atom is -0.339 e. The number of nitrogens with zero attached hydrogens (tertiary/aromatic N) is 2. The lowest BCUT2D eigenvalue weighted by molar-refractivity contribution is -0.116. The van der Waals surface area contributed by atoms with Crippen LogP contribution in [0, 0.1) is 5.82 Å². The Morgan fingerprint density at radius 1 is 0.929 bits per heavy atom. The summed E-state index contributed by atoms with van der Waals surface area (Å²) in [5.74, 6) is -0.830. The summed E-state index contributed by atoms with van der Waals surface area (Å²) in [6, 6.07) is 19.2. The van der Waals surface area contributed by atoms with E-state index >= 15 is 0 Å². The van der Waals surface area contributed by atoms with Gasteiger partial charge in [0.15, 0.2) is 0 Å². The van der Waals surface area contributed by atoms with E-state index in [1.54, 1.807) is 12.3 Å². The lowest BCUT2D eigenvalue weighted by Gasteiger charge is -2.10.